The van der Waals surface area contributed by atoms with Crippen LogP contribution >= 0.6 is 11.3 Å². The summed E-state index contributed by atoms with van der Waals surface area (Å²) in [5, 5.41) is 0. The highest BCUT2D eigenvalue weighted by Gasteiger charge is 2.07. The van der Waals surface area contributed by atoms with Crippen LogP contribution in [0.25, 0.3) is 0 Å². The van der Waals surface area contributed by atoms with Crippen molar-refractivity contribution >= 4 is 21.5 Å². The minimum absolute atomic E-state index is 0.104. The first kappa shape index (κ1) is 10.6. The molecule has 1 heterocycles. The Balaban J connectivity index is 2.64. The number of hydrogen-bond acceptors (Lipinski definition) is 5. The lowest BCUT2D eigenvalue weighted by molar-refractivity contribution is 0.313. The molecule has 0 aliphatic carbocycles. The van der Waals surface area contributed by atoms with Gasteiger partial charge >= 0.3 is 0 Å². The van der Waals surface area contributed by atoms with E-state index in [1.807, 2.05) is 6.92 Å². The molecule has 0 N–H and O–H groups in total. The first-order valence-electron chi connectivity index (χ1n) is 3.78. The highest BCUT2D eigenvalue weighted by Crippen LogP contribution is 2.15. The van der Waals surface area contributed by atoms with Crippen molar-refractivity contribution in [3.63, 3.8) is 0 Å². The zero-order valence-electron chi connectivity index (χ0n) is 7.48. The van der Waals surface area contributed by atoms with Crippen LogP contribution in [0.4, 0.5) is 0 Å². The largest absolute Gasteiger partial charge is 0.265 e. The molecule has 1 rings (SSSR count). The minimum Gasteiger partial charge on any atom is -0.265 e. The normalized spacial score (nSPS) is 11.8. The van der Waals surface area contributed by atoms with E-state index in [-0.39, 0.29) is 6.61 Å². The zero-order valence-corrected chi connectivity index (χ0v) is 9.11. The van der Waals surface area contributed by atoms with Gasteiger partial charge in [-0.05, 0) is 6.42 Å². The van der Waals surface area contributed by atoms with Gasteiger partial charge < -0.3 is 0 Å². The summed E-state index contributed by atoms with van der Waals surface area (Å²) < 4.78 is 26.0. The second kappa shape index (κ2) is 4.17. The lowest BCUT2D eigenvalue weighted by Gasteiger charge is -1.99. The van der Waals surface area contributed by atoms with Gasteiger partial charge in [0.05, 0.1) is 22.3 Å². The van der Waals surface area contributed by atoms with Crippen molar-refractivity contribution in [3.8, 4) is 0 Å². The number of aryl methyl sites for hydroxylation is 1. The Morgan fingerprint density at radius 3 is 2.85 bits per heavy atom. The average Bonchev–Trinajstić information content (AvgIpc) is 2.46. The molecule has 0 saturated heterocycles. The maximum atomic E-state index is 10.7. The number of nitrogens with zero attached hydrogens (tertiary/aromatic N) is 1. The molecule has 0 saturated carbocycles. The fourth-order valence-electron chi connectivity index (χ4n) is 0.860. The fourth-order valence-corrected chi connectivity index (χ4v) is 2.03. The highest BCUT2D eigenvalue weighted by molar-refractivity contribution is 7.85. The summed E-state index contributed by atoms with van der Waals surface area (Å²) in [4.78, 5) is 4.96. The van der Waals surface area contributed by atoms with Gasteiger partial charge in [0.1, 0.15) is 6.61 Å². The van der Waals surface area contributed by atoms with Crippen molar-refractivity contribution in [1.82, 2.24) is 4.98 Å². The third kappa shape index (κ3) is 3.41. The molecule has 0 radical (unpaired) electrons. The Bertz CT molecular complexity index is 369. The van der Waals surface area contributed by atoms with Crippen LogP contribution in [0, 0.1) is 0 Å². The standard InChI is InChI=1S/C7H11NO3S2/c1-3-6-7(12-5-8-6)4-11-13(2,9)10/h5H,3-4H2,1-2H3. The van der Waals surface area contributed by atoms with Crippen LogP contribution in [0.2, 0.25) is 0 Å². The number of hydrogen-bond donors (Lipinski definition) is 0. The molecule has 13 heavy (non-hydrogen) atoms. The van der Waals surface area contributed by atoms with Crippen LogP contribution in [-0.4, -0.2) is 19.7 Å². The van der Waals surface area contributed by atoms with Crippen LogP contribution in [0.15, 0.2) is 5.51 Å². The second-order valence-corrected chi connectivity index (χ2v) is 5.13. The molecule has 74 valence electrons. The van der Waals surface area contributed by atoms with Gasteiger partial charge in [0.15, 0.2) is 0 Å². The predicted molar refractivity (Wildman–Crippen MR) is 51.1 cm³/mol. The van der Waals surface area contributed by atoms with E-state index >= 15 is 0 Å². The van der Waals surface area contributed by atoms with Crippen LogP contribution in [0.3, 0.4) is 0 Å². The van der Waals surface area contributed by atoms with E-state index in [0.29, 0.717) is 0 Å². The number of thiazole rings is 1. The summed E-state index contributed by atoms with van der Waals surface area (Å²) in [6.45, 7) is 2.08. The predicted octanol–water partition coefficient (Wildman–Crippen LogP) is 1.18. The summed E-state index contributed by atoms with van der Waals surface area (Å²) in [7, 11) is -3.35. The molecule has 6 heteroatoms. The highest BCUT2D eigenvalue weighted by atomic mass is 32.2. The SMILES string of the molecule is CCc1ncsc1COS(C)(=O)=O. The fraction of sp³-hybridized carbons (Fsp3) is 0.571. The van der Waals surface area contributed by atoms with Gasteiger partial charge in [-0.2, -0.15) is 8.42 Å². The smallest absolute Gasteiger partial charge is 0.264 e. The minimum atomic E-state index is -3.35. The molecule has 0 aliphatic rings. The Morgan fingerprint density at radius 1 is 1.62 bits per heavy atom. The van der Waals surface area contributed by atoms with Crippen LogP contribution < -0.4 is 0 Å². The van der Waals surface area contributed by atoms with E-state index in [2.05, 4.69) is 9.17 Å². The van der Waals surface area contributed by atoms with Crippen LogP contribution in [0.5, 0.6) is 0 Å². The van der Waals surface area contributed by atoms with E-state index in [1.165, 1.54) is 11.3 Å². The molecule has 0 unspecified atom stereocenters. The molecule has 0 spiro atoms. The average molecular weight is 221 g/mol. The van der Waals surface area contributed by atoms with E-state index in [9.17, 15) is 8.42 Å². The van der Waals surface area contributed by atoms with E-state index in [1.54, 1.807) is 5.51 Å². The molecule has 0 atom stereocenters. The van der Waals surface area contributed by atoms with Crippen molar-refractivity contribution < 1.29 is 12.6 Å². The molecular weight excluding hydrogens is 210 g/mol. The van der Waals surface area contributed by atoms with Gasteiger partial charge in [0.2, 0.25) is 0 Å². The molecule has 4 nitrogen and oxygen atoms in total. The summed E-state index contributed by atoms with van der Waals surface area (Å²) in [5.41, 5.74) is 2.61. The van der Waals surface area contributed by atoms with Crippen LogP contribution in [-0.2, 0) is 27.3 Å². The first-order chi connectivity index (χ1) is 6.03. The summed E-state index contributed by atoms with van der Waals surface area (Å²) >= 11 is 1.41. The Labute approximate surface area is 81.7 Å². The molecular formula is C7H11NO3S2. The second-order valence-electron chi connectivity index (χ2n) is 2.54. The molecule has 0 bridgehead atoms. The van der Waals surface area contributed by atoms with Gasteiger partial charge in [-0.25, -0.2) is 4.98 Å². The maximum Gasteiger partial charge on any atom is 0.264 e. The molecule has 0 amide bonds. The number of aromatic nitrogens is 1. The molecule has 1 aromatic heterocycles. The summed E-state index contributed by atoms with van der Waals surface area (Å²) in [6, 6.07) is 0. The van der Waals surface area contributed by atoms with E-state index in [4.69, 9.17) is 0 Å². The van der Waals surface area contributed by atoms with Crippen molar-refractivity contribution in [3.05, 3.63) is 16.1 Å². The Kier molecular flexibility index (Phi) is 3.40. The van der Waals surface area contributed by atoms with Crippen molar-refractivity contribution in [2.75, 3.05) is 6.26 Å². The van der Waals surface area contributed by atoms with Gasteiger partial charge in [-0.1, -0.05) is 6.92 Å². The molecule has 0 aliphatic heterocycles. The monoisotopic (exact) mass is 221 g/mol. The number of rotatable bonds is 4. The van der Waals surface area contributed by atoms with E-state index in [0.717, 1.165) is 23.2 Å². The summed E-state index contributed by atoms with van der Waals surface area (Å²) in [5.74, 6) is 0. The third-order valence-corrected chi connectivity index (χ3v) is 2.86. The Hall–Kier alpha value is -0.460. The molecule has 1 aromatic rings. The molecule has 0 aromatic carbocycles. The lowest BCUT2D eigenvalue weighted by Crippen LogP contribution is -2.02. The van der Waals surface area contributed by atoms with Gasteiger partial charge in [0.25, 0.3) is 10.1 Å². The van der Waals surface area contributed by atoms with Crippen molar-refractivity contribution in [1.29, 1.82) is 0 Å². The van der Waals surface area contributed by atoms with Crippen LogP contribution in [0.1, 0.15) is 17.5 Å². The first-order valence-corrected chi connectivity index (χ1v) is 6.48. The summed E-state index contributed by atoms with van der Waals surface area (Å²) in [6.07, 6.45) is 1.84. The lowest BCUT2D eigenvalue weighted by atomic mass is 10.3. The van der Waals surface area contributed by atoms with Gasteiger partial charge in [0, 0.05) is 0 Å². The molecule has 0 fully saturated rings. The van der Waals surface area contributed by atoms with Crippen molar-refractivity contribution in [2.24, 2.45) is 0 Å². The third-order valence-electron chi connectivity index (χ3n) is 1.46. The van der Waals surface area contributed by atoms with Gasteiger partial charge in [-0.15, -0.1) is 11.3 Å². The van der Waals surface area contributed by atoms with Gasteiger partial charge in [-0.3, -0.25) is 4.18 Å². The van der Waals surface area contributed by atoms with Crippen molar-refractivity contribution in [2.45, 2.75) is 20.0 Å². The topological polar surface area (TPSA) is 56.3 Å². The zero-order chi connectivity index (χ0) is 9.90. The Morgan fingerprint density at radius 2 is 2.31 bits per heavy atom. The van der Waals surface area contributed by atoms with E-state index < -0.39 is 10.1 Å². The maximum absolute atomic E-state index is 10.7. The quantitative estimate of drug-likeness (QED) is 0.716.